The molecule has 2 N–H and O–H groups in total. The molecule has 10 heteroatoms. The van der Waals surface area contributed by atoms with Gasteiger partial charge in [0.25, 0.3) is 5.92 Å². The van der Waals surface area contributed by atoms with Crippen LogP contribution in [0.5, 0.6) is 0 Å². The molecule has 136 valence electrons. The van der Waals surface area contributed by atoms with Crippen LogP contribution in [0.3, 0.4) is 0 Å². The molecule has 3 atom stereocenters. The second kappa shape index (κ2) is 5.12. The van der Waals surface area contributed by atoms with Gasteiger partial charge in [0.1, 0.15) is 0 Å². The van der Waals surface area contributed by atoms with Crippen LogP contribution in [0.4, 0.5) is 19.3 Å². The molecule has 0 spiro atoms. The first-order valence-corrected chi connectivity index (χ1v) is 8.49. The first kappa shape index (κ1) is 15.5. The van der Waals surface area contributed by atoms with Crippen molar-refractivity contribution in [2.45, 2.75) is 18.3 Å². The lowest BCUT2D eigenvalue weighted by molar-refractivity contribution is -0.194. The number of alkyl halides is 2. The van der Waals surface area contributed by atoms with Crippen LogP contribution in [-0.2, 0) is 4.79 Å². The Hall–Kier alpha value is -2.78. The van der Waals surface area contributed by atoms with E-state index >= 15 is 0 Å². The number of hydrogen-bond acceptors (Lipinski definition) is 5. The Bertz CT molecular complexity index is 915. The van der Waals surface area contributed by atoms with E-state index in [1.807, 2.05) is 4.90 Å². The number of rotatable bonds is 2. The zero-order chi connectivity index (χ0) is 18.1. The molecular formula is C16H16F2N6O2. The number of imidazole rings is 1. The number of nitrogens with one attached hydrogen (secondary N) is 2. The molecule has 3 saturated heterocycles. The number of carbonyl (C=O) groups excluding carboxylic acids is 2. The van der Waals surface area contributed by atoms with Crippen LogP contribution in [0, 0.1) is 11.8 Å². The van der Waals surface area contributed by atoms with Gasteiger partial charge in [-0.2, -0.15) is 5.10 Å². The lowest BCUT2D eigenvalue weighted by atomic mass is 9.67. The van der Waals surface area contributed by atoms with Crippen molar-refractivity contribution < 1.29 is 18.4 Å². The van der Waals surface area contributed by atoms with E-state index in [-0.39, 0.29) is 19.6 Å². The van der Waals surface area contributed by atoms with E-state index in [9.17, 15) is 18.4 Å². The first-order valence-electron chi connectivity index (χ1n) is 8.49. The van der Waals surface area contributed by atoms with Crippen LogP contribution in [-0.4, -0.2) is 52.1 Å². The van der Waals surface area contributed by atoms with Gasteiger partial charge in [-0.1, -0.05) is 0 Å². The molecule has 5 heterocycles. The number of imide groups is 1. The summed E-state index contributed by atoms with van der Waals surface area (Å²) in [7, 11) is 0. The van der Waals surface area contributed by atoms with Crippen LogP contribution in [0.25, 0.3) is 5.65 Å². The summed E-state index contributed by atoms with van der Waals surface area (Å²) in [5, 5.41) is 9.22. The summed E-state index contributed by atoms with van der Waals surface area (Å²) >= 11 is 0. The smallest absolute Gasteiger partial charge is 0.321 e. The van der Waals surface area contributed by atoms with Crippen molar-refractivity contribution in [1.82, 2.24) is 25.2 Å². The van der Waals surface area contributed by atoms with Crippen LogP contribution < -0.4 is 15.5 Å². The number of urea groups is 1. The molecule has 3 unspecified atom stereocenters. The van der Waals surface area contributed by atoms with Crippen molar-refractivity contribution >= 4 is 23.3 Å². The van der Waals surface area contributed by atoms with Crippen molar-refractivity contribution in [3.8, 4) is 0 Å². The number of carbonyl (C=O) groups is 2. The fraction of sp³-hybridized carbons (Fsp3) is 0.500. The molecule has 2 bridgehead atoms. The summed E-state index contributed by atoms with van der Waals surface area (Å²) < 4.78 is 29.3. The van der Waals surface area contributed by atoms with Gasteiger partial charge < -0.3 is 10.2 Å². The van der Waals surface area contributed by atoms with Crippen LogP contribution in [0.1, 0.15) is 18.0 Å². The molecule has 3 amide bonds. The minimum absolute atomic E-state index is 0.140. The quantitative estimate of drug-likeness (QED) is 0.822. The number of nitrogens with zero attached hydrogens (tertiary/aromatic N) is 4. The Morgan fingerprint density at radius 1 is 1.23 bits per heavy atom. The maximum atomic E-state index is 13.9. The molecule has 2 aromatic rings. The predicted molar refractivity (Wildman–Crippen MR) is 86.0 cm³/mol. The molecule has 26 heavy (non-hydrogen) atoms. The van der Waals surface area contributed by atoms with Gasteiger partial charge in [-0.3, -0.25) is 10.1 Å². The normalized spacial score (nSPS) is 29.9. The molecule has 6 rings (SSSR count). The SMILES string of the molecule is O=C1NCC(c2cc(N3CC4CC(C3)C4(F)F)c3nccn3n2)C(=O)N1. The molecule has 8 nitrogen and oxygen atoms in total. The van der Waals surface area contributed by atoms with E-state index in [1.54, 1.807) is 23.0 Å². The summed E-state index contributed by atoms with van der Waals surface area (Å²) in [6.45, 7) is 0.646. The highest BCUT2D eigenvalue weighted by Gasteiger charge is 2.61. The minimum Gasteiger partial charge on any atom is -0.367 e. The standard InChI is InChI=1S/C16H16F2N6O2/c17-16(18)8-3-9(16)7-23(6-8)12-4-11(22-24-2-1-19-13(12)24)10-5-20-15(26)21-14(10)25/h1-2,4,8-10H,3,5-7H2,(H2,20,21,25,26). The largest absolute Gasteiger partial charge is 0.367 e. The van der Waals surface area contributed by atoms with Crippen molar-refractivity contribution in [2.24, 2.45) is 11.8 Å². The maximum absolute atomic E-state index is 13.9. The van der Waals surface area contributed by atoms with Gasteiger partial charge in [-0.05, 0) is 12.5 Å². The van der Waals surface area contributed by atoms with E-state index in [0.29, 0.717) is 23.4 Å². The number of aromatic nitrogens is 3. The molecule has 0 aromatic carbocycles. The minimum atomic E-state index is -2.59. The summed E-state index contributed by atoms with van der Waals surface area (Å²) in [6.07, 6.45) is 3.78. The number of hydrogen-bond donors (Lipinski definition) is 2. The summed E-state index contributed by atoms with van der Waals surface area (Å²) in [6, 6.07) is 1.20. The van der Waals surface area contributed by atoms with E-state index in [1.165, 1.54) is 0 Å². The van der Waals surface area contributed by atoms with Crippen molar-refractivity contribution in [3.63, 3.8) is 0 Å². The number of fused-ring (bicyclic) bond motifs is 3. The molecule has 4 aliphatic rings. The summed E-state index contributed by atoms with van der Waals surface area (Å²) in [4.78, 5) is 29.6. The molecule has 1 aliphatic carbocycles. The Morgan fingerprint density at radius 2 is 2.00 bits per heavy atom. The third-order valence-electron chi connectivity index (χ3n) is 5.62. The van der Waals surface area contributed by atoms with Crippen molar-refractivity contribution in [3.05, 3.63) is 24.2 Å². The summed E-state index contributed by atoms with van der Waals surface area (Å²) in [5.74, 6) is -4.96. The van der Waals surface area contributed by atoms with Gasteiger partial charge in [0.15, 0.2) is 5.65 Å². The van der Waals surface area contributed by atoms with Gasteiger partial charge in [0, 0.05) is 43.9 Å². The fourth-order valence-electron chi connectivity index (χ4n) is 4.12. The van der Waals surface area contributed by atoms with E-state index < -0.39 is 35.6 Å². The van der Waals surface area contributed by atoms with E-state index in [2.05, 4.69) is 20.7 Å². The Morgan fingerprint density at radius 3 is 2.69 bits per heavy atom. The molecule has 2 aromatic heterocycles. The molecule has 4 fully saturated rings. The second-order valence-electron chi connectivity index (χ2n) is 7.11. The Balaban J connectivity index is 1.53. The third-order valence-corrected chi connectivity index (χ3v) is 5.62. The van der Waals surface area contributed by atoms with Gasteiger partial charge in [-0.25, -0.2) is 23.1 Å². The van der Waals surface area contributed by atoms with E-state index in [4.69, 9.17) is 0 Å². The summed E-state index contributed by atoms with van der Waals surface area (Å²) in [5.41, 5.74) is 1.72. The average molecular weight is 362 g/mol. The molecular weight excluding hydrogens is 346 g/mol. The maximum Gasteiger partial charge on any atom is 0.321 e. The number of anilines is 1. The first-order chi connectivity index (χ1) is 12.4. The number of piperidine rings is 2. The van der Waals surface area contributed by atoms with Gasteiger partial charge >= 0.3 is 6.03 Å². The number of halogens is 2. The average Bonchev–Trinajstić information content (AvgIpc) is 3.09. The topological polar surface area (TPSA) is 91.6 Å². The van der Waals surface area contributed by atoms with Gasteiger partial charge in [0.05, 0.1) is 17.3 Å². The Labute approximate surface area is 146 Å². The number of amides is 3. The highest BCUT2D eigenvalue weighted by molar-refractivity contribution is 6.00. The fourth-order valence-corrected chi connectivity index (χ4v) is 4.12. The van der Waals surface area contributed by atoms with Crippen molar-refractivity contribution in [2.75, 3.05) is 24.5 Å². The van der Waals surface area contributed by atoms with Gasteiger partial charge in [-0.15, -0.1) is 0 Å². The second-order valence-corrected chi connectivity index (χ2v) is 7.11. The third kappa shape index (κ3) is 2.10. The lowest BCUT2D eigenvalue weighted by Crippen LogP contribution is -2.62. The van der Waals surface area contributed by atoms with Crippen LogP contribution in [0.2, 0.25) is 0 Å². The lowest BCUT2D eigenvalue weighted by Gasteiger charge is -2.53. The monoisotopic (exact) mass is 362 g/mol. The zero-order valence-electron chi connectivity index (χ0n) is 13.7. The highest BCUT2D eigenvalue weighted by atomic mass is 19.3. The van der Waals surface area contributed by atoms with Crippen LogP contribution in [0.15, 0.2) is 18.5 Å². The zero-order valence-corrected chi connectivity index (χ0v) is 13.7. The molecule has 0 radical (unpaired) electrons. The van der Waals surface area contributed by atoms with Crippen molar-refractivity contribution in [1.29, 1.82) is 0 Å². The molecule has 3 aliphatic heterocycles. The van der Waals surface area contributed by atoms with Crippen LogP contribution >= 0.6 is 0 Å². The molecule has 1 saturated carbocycles. The highest BCUT2D eigenvalue weighted by Crippen LogP contribution is 2.53. The predicted octanol–water partition coefficient (Wildman–Crippen LogP) is 0.744. The van der Waals surface area contributed by atoms with E-state index in [0.717, 1.165) is 0 Å². The Kier molecular flexibility index (Phi) is 3.05. The van der Waals surface area contributed by atoms with Gasteiger partial charge in [0.2, 0.25) is 5.91 Å².